The molecule has 1 amide bonds. The lowest BCUT2D eigenvalue weighted by molar-refractivity contribution is -0.134. The fraction of sp³-hybridized carbons (Fsp3) is 0.400. The van der Waals surface area contributed by atoms with E-state index in [1.165, 1.54) is 10.4 Å². The normalized spacial score (nSPS) is 16.8. The van der Waals surface area contributed by atoms with Gasteiger partial charge in [0.1, 0.15) is 12.4 Å². The van der Waals surface area contributed by atoms with E-state index in [9.17, 15) is 4.79 Å². The number of hydrogen-bond acceptors (Lipinski definition) is 4. The van der Waals surface area contributed by atoms with Gasteiger partial charge in [0.25, 0.3) is 0 Å². The molecule has 3 aromatic rings. The molecule has 1 atom stereocenters. The van der Waals surface area contributed by atoms with Crippen molar-refractivity contribution in [3.63, 3.8) is 0 Å². The van der Waals surface area contributed by atoms with E-state index in [-0.39, 0.29) is 11.9 Å². The van der Waals surface area contributed by atoms with E-state index in [4.69, 9.17) is 4.98 Å². The number of hydrogen-bond donors (Lipinski definition) is 0. The van der Waals surface area contributed by atoms with E-state index in [0.717, 1.165) is 42.0 Å². The number of fused-ring (bicyclic) bond motifs is 2. The number of carbonyl (C=O) groups is 1. The van der Waals surface area contributed by atoms with Crippen molar-refractivity contribution >= 4 is 40.0 Å². The molecule has 2 aromatic heterocycles. The standard InChI is InChI=1S/C20H23N3OS2/c1-3-16-14-9-11-26-18(14)8-10-22(16)20(24)12-23-17-7-5-4-6-15(17)21-19(23)13-25-2/h4-7,9,11,16H,3,8,10,12-13H2,1-2H3. The van der Waals surface area contributed by atoms with Gasteiger partial charge in [-0.25, -0.2) is 4.98 Å². The van der Waals surface area contributed by atoms with Crippen molar-refractivity contribution in [1.29, 1.82) is 0 Å². The number of para-hydroxylation sites is 2. The van der Waals surface area contributed by atoms with Crippen LogP contribution in [0.15, 0.2) is 35.7 Å². The molecule has 0 fully saturated rings. The molecule has 136 valence electrons. The van der Waals surface area contributed by atoms with Gasteiger partial charge in [0.2, 0.25) is 5.91 Å². The van der Waals surface area contributed by atoms with Gasteiger partial charge in [-0.05, 0) is 48.2 Å². The molecule has 0 saturated carbocycles. The molecule has 6 heteroatoms. The van der Waals surface area contributed by atoms with Gasteiger partial charge in [-0.15, -0.1) is 11.3 Å². The number of amides is 1. The number of rotatable bonds is 5. The van der Waals surface area contributed by atoms with Crippen molar-refractivity contribution in [2.45, 2.75) is 38.1 Å². The number of benzene rings is 1. The molecule has 1 unspecified atom stereocenters. The summed E-state index contributed by atoms with van der Waals surface area (Å²) in [5.74, 6) is 1.99. The Bertz CT molecular complexity index is 930. The Kier molecular flexibility index (Phi) is 5.05. The lowest BCUT2D eigenvalue weighted by Crippen LogP contribution is -2.41. The van der Waals surface area contributed by atoms with Crippen LogP contribution in [0, 0.1) is 0 Å². The Labute approximate surface area is 162 Å². The third-order valence-corrected chi connectivity index (χ3v) is 6.65. The van der Waals surface area contributed by atoms with E-state index in [2.05, 4.69) is 40.2 Å². The Morgan fingerprint density at radius 1 is 1.35 bits per heavy atom. The molecule has 4 rings (SSSR count). The molecule has 4 nitrogen and oxygen atoms in total. The predicted octanol–water partition coefficient (Wildman–Crippen LogP) is 4.50. The maximum Gasteiger partial charge on any atom is 0.243 e. The van der Waals surface area contributed by atoms with Gasteiger partial charge in [0.15, 0.2) is 0 Å². The van der Waals surface area contributed by atoms with Crippen LogP contribution in [0.3, 0.4) is 0 Å². The molecule has 0 radical (unpaired) electrons. The van der Waals surface area contributed by atoms with E-state index >= 15 is 0 Å². The summed E-state index contributed by atoms with van der Waals surface area (Å²) in [7, 11) is 0. The van der Waals surface area contributed by atoms with E-state index in [1.807, 2.05) is 29.5 Å². The van der Waals surface area contributed by atoms with Crippen molar-refractivity contribution in [1.82, 2.24) is 14.5 Å². The third-order valence-electron chi connectivity index (χ3n) is 5.10. The SMILES string of the molecule is CCC1c2ccsc2CCN1C(=O)Cn1c(CSC)nc2ccccc21. The van der Waals surface area contributed by atoms with Gasteiger partial charge in [-0.1, -0.05) is 19.1 Å². The zero-order valence-corrected chi connectivity index (χ0v) is 16.8. The number of thioether (sulfide) groups is 1. The molecule has 0 bridgehead atoms. The monoisotopic (exact) mass is 385 g/mol. The second kappa shape index (κ2) is 7.45. The second-order valence-electron chi connectivity index (χ2n) is 6.60. The van der Waals surface area contributed by atoms with Crippen molar-refractivity contribution in [2.24, 2.45) is 0 Å². The highest BCUT2D eigenvalue weighted by atomic mass is 32.2. The van der Waals surface area contributed by atoms with E-state index < -0.39 is 0 Å². The van der Waals surface area contributed by atoms with Crippen LogP contribution in [0.1, 0.15) is 35.7 Å². The largest absolute Gasteiger partial charge is 0.334 e. The predicted molar refractivity (Wildman–Crippen MR) is 110 cm³/mol. The smallest absolute Gasteiger partial charge is 0.243 e. The second-order valence-corrected chi connectivity index (χ2v) is 8.46. The van der Waals surface area contributed by atoms with E-state index in [0.29, 0.717) is 6.54 Å². The minimum atomic E-state index is 0.194. The fourth-order valence-electron chi connectivity index (χ4n) is 3.90. The van der Waals surface area contributed by atoms with Crippen LogP contribution in [0.2, 0.25) is 0 Å². The molecule has 26 heavy (non-hydrogen) atoms. The first kappa shape index (κ1) is 17.6. The van der Waals surface area contributed by atoms with Crippen molar-refractivity contribution in [3.05, 3.63) is 52.0 Å². The molecule has 1 aromatic carbocycles. The van der Waals surface area contributed by atoms with Crippen molar-refractivity contribution in [2.75, 3.05) is 12.8 Å². The molecule has 0 saturated heterocycles. The highest BCUT2D eigenvalue weighted by Crippen LogP contribution is 2.35. The number of carbonyl (C=O) groups excluding carboxylic acids is 1. The van der Waals surface area contributed by atoms with E-state index in [1.54, 1.807) is 11.8 Å². The summed E-state index contributed by atoms with van der Waals surface area (Å²) in [6, 6.07) is 10.5. The summed E-state index contributed by atoms with van der Waals surface area (Å²) in [6.45, 7) is 3.35. The van der Waals surface area contributed by atoms with Gasteiger partial charge in [-0.2, -0.15) is 11.8 Å². The zero-order chi connectivity index (χ0) is 18.1. The van der Waals surface area contributed by atoms with Gasteiger partial charge in [0, 0.05) is 11.4 Å². The zero-order valence-electron chi connectivity index (χ0n) is 15.1. The first-order valence-electron chi connectivity index (χ1n) is 9.01. The van der Waals surface area contributed by atoms with Crippen LogP contribution in [-0.4, -0.2) is 33.2 Å². The van der Waals surface area contributed by atoms with Crippen LogP contribution >= 0.6 is 23.1 Å². The third kappa shape index (κ3) is 3.05. The quantitative estimate of drug-likeness (QED) is 0.649. The number of imidazole rings is 1. The van der Waals surface area contributed by atoms with Gasteiger partial charge < -0.3 is 9.47 Å². The lowest BCUT2D eigenvalue weighted by atomic mass is 9.98. The highest BCUT2D eigenvalue weighted by Gasteiger charge is 2.30. The minimum Gasteiger partial charge on any atom is -0.334 e. The van der Waals surface area contributed by atoms with Crippen LogP contribution < -0.4 is 0 Å². The average molecular weight is 386 g/mol. The summed E-state index contributed by atoms with van der Waals surface area (Å²) in [6.07, 6.45) is 4.00. The first-order chi connectivity index (χ1) is 12.7. The molecule has 0 N–H and O–H groups in total. The molecule has 0 aliphatic carbocycles. The first-order valence-corrected chi connectivity index (χ1v) is 11.3. The molecule has 3 heterocycles. The molecule has 0 spiro atoms. The maximum absolute atomic E-state index is 13.2. The van der Waals surface area contributed by atoms with Crippen molar-refractivity contribution < 1.29 is 4.79 Å². The van der Waals surface area contributed by atoms with Gasteiger partial charge >= 0.3 is 0 Å². The van der Waals surface area contributed by atoms with Crippen LogP contribution in [-0.2, 0) is 23.5 Å². The molecule has 1 aliphatic heterocycles. The Hall–Kier alpha value is -1.79. The summed E-state index contributed by atoms with van der Waals surface area (Å²) in [4.78, 5) is 21.5. The number of aromatic nitrogens is 2. The fourth-order valence-corrected chi connectivity index (χ4v) is 5.31. The number of thiophene rings is 1. The lowest BCUT2D eigenvalue weighted by Gasteiger charge is -2.35. The summed E-state index contributed by atoms with van der Waals surface area (Å²) < 4.78 is 2.10. The highest BCUT2D eigenvalue weighted by molar-refractivity contribution is 7.97. The summed E-state index contributed by atoms with van der Waals surface area (Å²) >= 11 is 3.56. The van der Waals surface area contributed by atoms with Crippen molar-refractivity contribution in [3.8, 4) is 0 Å². The molecular formula is C20H23N3OS2. The number of nitrogens with zero attached hydrogens (tertiary/aromatic N) is 3. The van der Waals surface area contributed by atoms with Gasteiger partial charge in [-0.3, -0.25) is 4.79 Å². The maximum atomic E-state index is 13.2. The Morgan fingerprint density at radius 3 is 3.00 bits per heavy atom. The topological polar surface area (TPSA) is 38.1 Å². The van der Waals surface area contributed by atoms with Gasteiger partial charge in [0.05, 0.1) is 22.8 Å². The molecular weight excluding hydrogens is 362 g/mol. The van der Waals surface area contributed by atoms with Crippen LogP contribution in [0.25, 0.3) is 11.0 Å². The Balaban J connectivity index is 1.64. The summed E-state index contributed by atoms with van der Waals surface area (Å²) in [5, 5.41) is 2.15. The molecule has 1 aliphatic rings. The Morgan fingerprint density at radius 2 is 2.19 bits per heavy atom. The average Bonchev–Trinajstić information content (AvgIpc) is 3.26. The summed E-state index contributed by atoms with van der Waals surface area (Å²) in [5.41, 5.74) is 3.36. The van der Waals surface area contributed by atoms with Crippen LogP contribution in [0.5, 0.6) is 0 Å². The van der Waals surface area contributed by atoms with Crippen LogP contribution in [0.4, 0.5) is 0 Å². The minimum absolute atomic E-state index is 0.194.